The molecule has 0 bridgehead atoms. The standard InChI is InChI=1S/C15H15N7O/c1-22-8-9(5-6-11(22)23)12-13(10-4-2-3-7-18-10)19-15(16)20-14(12)21-17/h2-8H,17H2,1H3,(H3,16,19,20,21). The molecule has 5 N–H and O–H groups in total. The predicted octanol–water partition coefficient (Wildman–Crippen LogP) is 0.772. The van der Waals surface area contributed by atoms with Crippen molar-refractivity contribution in [3.8, 4) is 22.5 Å². The van der Waals surface area contributed by atoms with Crippen molar-refractivity contribution in [3.63, 3.8) is 0 Å². The molecule has 116 valence electrons. The van der Waals surface area contributed by atoms with Gasteiger partial charge in [0, 0.05) is 31.1 Å². The van der Waals surface area contributed by atoms with Gasteiger partial charge in [-0.25, -0.2) is 10.8 Å². The predicted molar refractivity (Wildman–Crippen MR) is 88.2 cm³/mol. The highest BCUT2D eigenvalue weighted by Gasteiger charge is 2.18. The van der Waals surface area contributed by atoms with Crippen LogP contribution in [0.25, 0.3) is 22.5 Å². The molecule has 0 spiro atoms. The summed E-state index contributed by atoms with van der Waals surface area (Å²) in [7, 11) is 1.67. The molecular formula is C15H15N7O. The molecule has 0 aliphatic rings. The van der Waals surface area contributed by atoms with Crippen LogP contribution in [0.15, 0.2) is 47.5 Å². The summed E-state index contributed by atoms with van der Waals surface area (Å²) < 4.78 is 1.47. The molecule has 0 aliphatic heterocycles. The van der Waals surface area contributed by atoms with Crippen molar-refractivity contribution in [2.75, 3.05) is 11.2 Å². The Bertz CT molecular complexity index is 905. The van der Waals surface area contributed by atoms with Crippen molar-refractivity contribution in [3.05, 3.63) is 53.1 Å². The fourth-order valence-electron chi connectivity index (χ4n) is 2.29. The third-order valence-corrected chi connectivity index (χ3v) is 3.35. The minimum atomic E-state index is -0.119. The quantitative estimate of drug-likeness (QED) is 0.482. The SMILES string of the molecule is Cn1cc(-c2c(NN)nc(N)nc2-c2ccccn2)ccc1=O. The molecule has 0 aromatic carbocycles. The first-order valence-electron chi connectivity index (χ1n) is 6.82. The van der Waals surface area contributed by atoms with Crippen molar-refractivity contribution in [2.24, 2.45) is 12.9 Å². The van der Waals surface area contributed by atoms with E-state index >= 15 is 0 Å². The second kappa shape index (κ2) is 5.85. The second-order valence-corrected chi connectivity index (χ2v) is 4.88. The van der Waals surface area contributed by atoms with Gasteiger partial charge in [-0.3, -0.25) is 9.78 Å². The van der Waals surface area contributed by atoms with Crippen LogP contribution in [-0.4, -0.2) is 19.5 Å². The Labute approximate surface area is 131 Å². The van der Waals surface area contributed by atoms with Crippen LogP contribution in [0, 0.1) is 0 Å². The average Bonchev–Trinajstić information content (AvgIpc) is 2.57. The maximum Gasteiger partial charge on any atom is 0.250 e. The average molecular weight is 309 g/mol. The summed E-state index contributed by atoms with van der Waals surface area (Å²) in [4.78, 5) is 24.4. The highest BCUT2D eigenvalue weighted by Crippen LogP contribution is 2.34. The maximum absolute atomic E-state index is 11.6. The first-order valence-corrected chi connectivity index (χ1v) is 6.82. The number of nitrogen functional groups attached to an aromatic ring is 2. The summed E-state index contributed by atoms with van der Waals surface area (Å²) in [6.45, 7) is 0. The summed E-state index contributed by atoms with van der Waals surface area (Å²) >= 11 is 0. The van der Waals surface area contributed by atoms with Gasteiger partial charge in [-0.05, 0) is 18.2 Å². The number of hydrogen-bond donors (Lipinski definition) is 3. The first kappa shape index (κ1) is 14.7. The lowest BCUT2D eigenvalue weighted by atomic mass is 10.0. The molecule has 0 fully saturated rings. The van der Waals surface area contributed by atoms with E-state index in [1.165, 1.54) is 10.6 Å². The zero-order chi connectivity index (χ0) is 16.4. The number of aromatic nitrogens is 4. The zero-order valence-electron chi connectivity index (χ0n) is 12.4. The van der Waals surface area contributed by atoms with E-state index in [0.717, 1.165) is 5.56 Å². The van der Waals surface area contributed by atoms with Crippen LogP contribution in [-0.2, 0) is 7.05 Å². The van der Waals surface area contributed by atoms with E-state index in [1.54, 1.807) is 25.5 Å². The molecule has 3 rings (SSSR count). The van der Waals surface area contributed by atoms with Crippen LogP contribution < -0.4 is 22.6 Å². The zero-order valence-corrected chi connectivity index (χ0v) is 12.4. The molecule has 8 nitrogen and oxygen atoms in total. The number of hydrazine groups is 1. The Kier molecular flexibility index (Phi) is 3.73. The van der Waals surface area contributed by atoms with Crippen molar-refractivity contribution in [1.29, 1.82) is 0 Å². The van der Waals surface area contributed by atoms with Gasteiger partial charge in [0.25, 0.3) is 0 Å². The Morgan fingerprint density at radius 3 is 2.65 bits per heavy atom. The van der Waals surface area contributed by atoms with Gasteiger partial charge < -0.3 is 15.7 Å². The smallest absolute Gasteiger partial charge is 0.250 e. The van der Waals surface area contributed by atoms with Crippen LogP contribution in [0.5, 0.6) is 0 Å². The maximum atomic E-state index is 11.6. The second-order valence-electron chi connectivity index (χ2n) is 4.88. The monoisotopic (exact) mass is 309 g/mol. The topological polar surface area (TPSA) is 125 Å². The number of hydrogen-bond acceptors (Lipinski definition) is 7. The summed E-state index contributed by atoms with van der Waals surface area (Å²) in [6.07, 6.45) is 3.35. The van der Waals surface area contributed by atoms with Gasteiger partial charge in [0.05, 0.1) is 11.3 Å². The van der Waals surface area contributed by atoms with E-state index < -0.39 is 0 Å². The van der Waals surface area contributed by atoms with Crippen LogP contribution in [0.3, 0.4) is 0 Å². The van der Waals surface area contributed by atoms with Crippen molar-refractivity contribution in [1.82, 2.24) is 19.5 Å². The lowest BCUT2D eigenvalue weighted by molar-refractivity contribution is 0.862. The van der Waals surface area contributed by atoms with Gasteiger partial charge in [0.15, 0.2) is 5.82 Å². The largest absolute Gasteiger partial charge is 0.368 e. The van der Waals surface area contributed by atoms with E-state index in [-0.39, 0.29) is 11.5 Å². The lowest BCUT2D eigenvalue weighted by Gasteiger charge is -2.14. The van der Waals surface area contributed by atoms with E-state index in [1.807, 2.05) is 18.2 Å². The number of nitrogens with two attached hydrogens (primary N) is 2. The Balaban J connectivity index is 2.33. The minimum absolute atomic E-state index is 0.0761. The number of rotatable bonds is 3. The van der Waals surface area contributed by atoms with Crippen molar-refractivity contribution >= 4 is 11.8 Å². The summed E-state index contributed by atoms with van der Waals surface area (Å²) in [5.41, 5.74) is 10.7. The highest BCUT2D eigenvalue weighted by molar-refractivity contribution is 5.87. The van der Waals surface area contributed by atoms with E-state index in [4.69, 9.17) is 11.6 Å². The molecule has 0 saturated carbocycles. The van der Waals surface area contributed by atoms with Crippen molar-refractivity contribution in [2.45, 2.75) is 0 Å². The lowest BCUT2D eigenvalue weighted by Crippen LogP contribution is -2.16. The number of anilines is 2. The molecule has 0 unspecified atom stereocenters. The summed E-state index contributed by atoms with van der Waals surface area (Å²) in [5, 5.41) is 0. The molecule has 3 heterocycles. The summed E-state index contributed by atoms with van der Waals surface area (Å²) in [5.74, 6) is 6.02. The van der Waals surface area contributed by atoms with Gasteiger partial charge in [-0.15, -0.1) is 0 Å². The van der Waals surface area contributed by atoms with E-state index in [2.05, 4.69) is 20.4 Å². The Hall–Kier alpha value is -3.26. The minimum Gasteiger partial charge on any atom is -0.368 e. The number of aryl methyl sites for hydroxylation is 1. The molecule has 0 saturated heterocycles. The molecule has 0 aliphatic carbocycles. The molecule has 0 radical (unpaired) electrons. The van der Waals surface area contributed by atoms with Crippen molar-refractivity contribution < 1.29 is 0 Å². The van der Waals surface area contributed by atoms with Gasteiger partial charge in [-0.2, -0.15) is 4.98 Å². The molecule has 3 aromatic rings. The van der Waals surface area contributed by atoms with E-state index in [0.29, 0.717) is 22.8 Å². The molecule has 0 atom stereocenters. The molecular weight excluding hydrogens is 294 g/mol. The van der Waals surface area contributed by atoms with Gasteiger partial charge >= 0.3 is 0 Å². The molecule has 8 heteroatoms. The molecule has 3 aromatic heterocycles. The number of nitrogens with zero attached hydrogens (tertiary/aromatic N) is 4. The molecule has 0 amide bonds. The van der Waals surface area contributed by atoms with E-state index in [9.17, 15) is 4.79 Å². The van der Waals surface area contributed by atoms with Gasteiger partial charge in [-0.1, -0.05) is 6.07 Å². The van der Waals surface area contributed by atoms with Crippen LogP contribution in [0.1, 0.15) is 0 Å². The third kappa shape index (κ3) is 2.74. The van der Waals surface area contributed by atoms with Gasteiger partial charge in [0.1, 0.15) is 5.69 Å². The summed E-state index contributed by atoms with van der Waals surface area (Å²) in [6, 6.07) is 8.62. The first-order chi connectivity index (χ1) is 11.1. The van der Waals surface area contributed by atoms with Crippen LogP contribution in [0.4, 0.5) is 11.8 Å². The highest BCUT2D eigenvalue weighted by atomic mass is 16.1. The van der Waals surface area contributed by atoms with Crippen LogP contribution >= 0.6 is 0 Å². The fraction of sp³-hybridized carbons (Fsp3) is 0.0667. The Morgan fingerprint density at radius 1 is 1.17 bits per heavy atom. The van der Waals surface area contributed by atoms with Crippen LogP contribution in [0.2, 0.25) is 0 Å². The number of pyridine rings is 2. The normalized spacial score (nSPS) is 10.5. The third-order valence-electron chi connectivity index (χ3n) is 3.35. The Morgan fingerprint density at radius 2 is 2.00 bits per heavy atom. The number of nitrogens with one attached hydrogen (secondary N) is 1. The fourth-order valence-corrected chi connectivity index (χ4v) is 2.29. The van der Waals surface area contributed by atoms with Gasteiger partial charge in [0.2, 0.25) is 11.5 Å². The molecule has 23 heavy (non-hydrogen) atoms.